The first kappa shape index (κ1) is 12.7. The number of carboxylic acids is 1. The van der Waals surface area contributed by atoms with Gasteiger partial charge in [-0.15, -0.1) is 0 Å². The molecular weight excluding hydrogens is 258 g/mol. The molecule has 3 N–H and O–H groups in total. The molecule has 1 heterocycles. The monoisotopic (exact) mass is 271 g/mol. The number of nitrogens with two attached hydrogens (primary N) is 1. The zero-order valence-electron chi connectivity index (χ0n) is 9.50. The van der Waals surface area contributed by atoms with Gasteiger partial charge in [-0.1, -0.05) is 0 Å². The van der Waals surface area contributed by atoms with Crippen LogP contribution in [-0.2, 0) is 9.84 Å². The fourth-order valence-electron chi connectivity index (χ4n) is 1.84. The summed E-state index contributed by atoms with van der Waals surface area (Å²) < 4.78 is 28.0. The average Bonchev–Trinajstić information content (AvgIpc) is 2.60. The number of anilines is 1. The van der Waals surface area contributed by atoms with Crippen LogP contribution in [0.2, 0.25) is 0 Å². The number of rotatable bonds is 3. The molecule has 6 nitrogen and oxygen atoms in total. The standard InChI is InChI=1S/C11H13NO5S/c12-10-2-1-7(5-9(10)11(13)14)17-8-3-4-18(15,16)6-8/h1-2,5,8H,3-4,6,12H2,(H,13,14). The molecule has 1 aliphatic rings. The summed E-state index contributed by atoms with van der Waals surface area (Å²) in [5, 5.41) is 8.90. The second-order valence-electron chi connectivity index (χ2n) is 4.20. The smallest absolute Gasteiger partial charge is 0.337 e. The Labute approximate surface area is 104 Å². The molecule has 7 heteroatoms. The van der Waals surface area contributed by atoms with Gasteiger partial charge in [-0.25, -0.2) is 13.2 Å². The second-order valence-corrected chi connectivity index (χ2v) is 6.43. The van der Waals surface area contributed by atoms with E-state index >= 15 is 0 Å². The summed E-state index contributed by atoms with van der Waals surface area (Å²) in [7, 11) is -3.02. The van der Waals surface area contributed by atoms with Crippen molar-refractivity contribution < 1.29 is 23.1 Å². The number of nitrogen functional groups attached to an aromatic ring is 1. The lowest BCUT2D eigenvalue weighted by atomic mass is 10.1. The van der Waals surface area contributed by atoms with Crippen LogP contribution in [0.15, 0.2) is 18.2 Å². The molecule has 18 heavy (non-hydrogen) atoms. The van der Waals surface area contributed by atoms with E-state index in [1.165, 1.54) is 18.2 Å². The number of sulfone groups is 1. The lowest BCUT2D eigenvalue weighted by Gasteiger charge is -2.13. The van der Waals surface area contributed by atoms with Crippen molar-refractivity contribution >= 4 is 21.5 Å². The number of ether oxygens (including phenoxy) is 1. The third-order valence-electron chi connectivity index (χ3n) is 2.75. The maximum atomic E-state index is 11.3. The average molecular weight is 271 g/mol. The Kier molecular flexibility index (Phi) is 3.16. The zero-order chi connectivity index (χ0) is 13.3. The highest BCUT2D eigenvalue weighted by atomic mass is 32.2. The Morgan fingerprint density at radius 2 is 2.17 bits per heavy atom. The number of benzene rings is 1. The van der Waals surface area contributed by atoms with E-state index in [-0.39, 0.29) is 22.8 Å². The van der Waals surface area contributed by atoms with Crippen LogP contribution in [0, 0.1) is 0 Å². The number of hydrogen-bond acceptors (Lipinski definition) is 5. The number of hydrogen-bond donors (Lipinski definition) is 2. The molecule has 1 aromatic rings. The van der Waals surface area contributed by atoms with Gasteiger partial charge in [0.1, 0.15) is 11.9 Å². The van der Waals surface area contributed by atoms with Crippen molar-refractivity contribution in [2.45, 2.75) is 12.5 Å². The van der Waals surface area contributed by atoms with Gasteiger partial charge in [0.05, 0.1) is 17.1 Å². The van der Waals surface area contributed by atoms with Gasteiger partial charge in [0.25, 0.3) is 0 Å². The van der Waals surface area contributed by atoms with E-state index in [1.54, 1.807) is 0 Å². The molecule has 1 atom stereocenters. The zero-order valence-corrected chi connectivity index (χ0v) is 10.3. The quantitative estimate of drug-likeness (QED) is 0.777. The van der Waals surface area contributed by atoms with Crippen molar-refractivity contribution in [2.24, 2.45) is 0 Å². The van der Waals surface area contributed by atoms with Crippen molar-refractivity contribution in [3.05, 3.63) is 23.8 Å². The number of aromatic carboxylic acids is 1. The third kappa shape index (κ3) is 2.73. The van der Waals surface area contributed by atoms with Crippen molar-refractivity contribution in [2.75, 3.05) is 17.2 Å². The topological polar surface area (TPSA) is 107 Å². The Morgan fingerprint density at radius 3 is 2.72 bits per heavy atom. The Balaban J connectivity index is 2.16. The summed E-state index contributed by atoms with van der Waals surface area (Å²) in [5.74, 6) is -0.737. The Hall–Kier alpha value is -1.76. The van der Waals surface area contributed by atoms with Gasteiger partial charge in [0.15, 0.2) is 9.84 Å². The highest BCUT2D eigenvalue weighted by Gasteiger charge is 2.29. The summed E-state index contributed by atoms with van der Waals surface area (Å²) in [4.78, 5) is 10.9. The summed E-state index contributed by atoms with van der Waals surface area (Å²) >= 11 is 0. The predicted octanol–water partition coefficient (Wildman–Crippen LogP) is 0.533. The van der Waals surface area contributed by atoms with Gasteiger partial charge in [-0.3, -0.25) is 0 Å². The van der Waals surface area contributed by atoms with Gasteiger partial charge in [0.2, 0.25) is 0 Å². The van der Waals surface area contributed by atoms with Crippen LogP contribution in [0.1, 0.15) is 16.8 Å². The highest BCUT2D eigenvalue weighted by Crippen LogP contribution is 2.23. The van der Waals surface area contributed by atoms with Crippen LogP contribution in [0.25, 0.3) is 0 Å². The van der Waals surface area contributed by atoms with Crippen LogP contribution < -0.4 is 10.5 Å². The maximum absolute atomic E-state index is 11.3. The fourth-order valence-corrected chi connectivity index (χ4v) is 3.43. The van der Waals surface area contributed by atoms with Gasteiger partial charge in [-0.2, -0.15) is 0 Å². The molecule has 1 aliphatic heterocycles. The summed E-state index contributed by atoms with van der Waals surface area (Å²) in [6.45, 7) is 0. The summed E-state index contributed by atoms with van der Waals surface area (Å²) in [6, 6.07) is 4.28. The SMILES string of the molecule is Nc1ccc(OC2CCS(=O)(=O)C2)cc1C(=O)O. The van der Waals surface area contributed by atoms with E-state index < -0.39 is 21.9 Å². The van der Waals surface area contributed by atoms with Crippen LogP contribution in [0.5, 0.6) is 5.75 Å². The molecule has 0 bridgehead atoms. The van der Waals surface area contributed by atoms with E-state index in [1.807, 2.05) is 0 Å². The molecule has 0 aromatic heterocycles. The van der Waals surface area contributed by atoms with E-state index in [4.69, 9.17) is 15.6 Å². The van der Waals surface area contributed by atoms with Crippen LogP contribution in [-0.4, -0.2) is 37.1 Å². The van der Waals surface area contributed by atoms with E-state index in [0.717, 1.165) is 0 Å². The normalized spacial score (nSPS) is 21.7. The molecule has 98 valence electrons. The molecule has 1 fully saturated rings. The van der Waals surface area contributed by atoms with Gasteiger partial charge in [-0.05, 0) is 24.6 Å². The Bertz CT molecular complexity index is 581. The van der Waals surface area contributed by atoms with Crippen molar-refractivity contribution in [3.63, 3.8) is 0 Å². The minimum Gasteiger partial charge on any atom is -0.489 e. The predicted molar refractivity (Wildman–Crippen MR) is 65.5 cm³/mol. The molecule has 1 saturated heterocycles. The molecular formula is C11H13NO5S. The van der Waals surface area contributed by atoms with Crippen LogP contribution in [0.4, 0.5) is 5.69 Å². The first-order valence-electron chi connectivity index (χ1n) is 5.37. The minimum atomic E-state index is -3.02. The fraction of sp³-hybridized carbons (Fsp3) is 0.364. The van der Waals surface area contributed by atoms with E-state index in [9.17, 15) is 13.2 Å². The number of carbonyl (C=O) groups is 1. The van der Waals surface area contributed by atoms with Gasteiger partial charge >= 0.3 is 5.97 Å². The van der Waals surface area contributed by atoms with Crippen molar-refractivity contribution in [1.82, 2.24) is 0 Å². The van der Waals surface area contributed by atoms with E-state index in [2.05, 4.69) is 0 Å². The highest BCUT2D eigenvalue weighted by molar-refractivity contribution is 7.91. The maximum Gasteiger partial charge on any atom is 0.337 e. The van der Waals surface area contributed by atoms with Gasteiger partial charge < -0.3 is 15.6 Å². The molecule has 0 amide bonds. The van der Waals surface area contributed by atoms with E-state index in [0.29, 0.717) is 12.2 Å². The first-order valence-corrected chi connectivity index (χ1v) is 7.19. The molecule has 0 spiro atoms. The first-order chi connectivity index (χ1) is 8.37. The van der Waals surface area contributed by atoms with Crippen LogP contribution >= 0.6 is 0 Å². The van der Waals surface area contributed by atoms with Gasteiger partial charge in [0, 0.05) is 5.69 Å². The summed E-state index contributed by atoms with van der Waals surface area (Å²) in [5.41, 5.74) is 5.61. The molecule has 1 unspecified atom stereocenters. The van der Waals surface area contributed by atoms with Crippen molar-refractivity contribution in [1.29, 1.82) is 0 Å². The largest absolute Gasteiger partial charge is 0.489 e. The Morgan fingerprint density at radius 1 is 1.44 bits per heavy atom. The molecule has 1 aromatic carbocycles. The summed E-state index contributed by atoms with van der Waals surface area (Å²) in [6.07, 6.45) is 0.00929. The minimum absolute atomic E-state index is 0.0280. The molecule has 0 aliphatic carbocycles. The van der Waals surface area contributed by atoms with Crippen molar-refractivity contribution in [3.8, 4) is 5.75 Å². The second kappa shape index (κ2) is 4.49. The lowest BCUT2D eigenvalue weighted by molar-refractivity contribution is 0.0697. The van der Waals surface area contributed by atoms with Crippen LogP contribution in [0.3, 0.4) is 0 Å². The number of carboxylic acid groups (broad SMARTS) is 1. The molecule has 0 saturated carbocycles. The third-order valence-corrected chi connectivity index (χ3v) is 4.49. The molecule has 0 radical (unpaired) electrons. The molecule has 2 rings (SSSR count). The lowest BCUT2D eigenvalue weighted by Crippen LogP contribution is -2.18.